The number of ketones is 1. The molecule has 1 aromatic rings. The van der Waals surface area contributed by atoms with E-state index in [-0.39, 0.29) is 5.78 Å². The van der Waals surface area contributed by atoms with E-state index in [0.717, 1.165) is 12.0 Å². The fourth-order valence-electron chi connectivity index (χ4n) is 3.00. The SMILES string of the molecule is CCCCCCCCCCCCc1ccccc1C(=O)CC. The molecular formula is C21H34O. The Hall–Kier alpha value is -1.11. The van der Waals surface area contributed by atoms with Gasteiger partial charge in [0.1, 0.15) is 0 Å². The Bertz CT molecular complexity index is 408. The molecule has 124 valence electrons. The predicted octanol–water partition coefficient (Wildman–Crippen LogP) is 6.74. The first kappa shape index (κ1) is 18.9. The lowest BCUT2D eigenvalue weighted by atomic mass is 9.97. The van der Waals surface area contributed by atoms with Crippen molar-refractivity contribution < 1.29 is 4.79 Å². The van der Waals surface area contributed by atoms with Crippen molar-refractivity contribution in [2.24, 2.45) is 0 Å². The van der Waals surface area contributed by atoms with Gasteiger partial charge < -0.3 is 0 Å². The smallest absolute Gasteiger partial charge is 0.162 e. The molecule has 1 aromatic carbocycles. The monoisotopic (exact) mass is 302 g/mol. The second-order valence-corrected chi connectivity index (χ2v) is 6.37. The molecule has 0 aliphatic carbocycles. The summed E-state index contributed by atoms with van der Waals surface area (Å²) in [7, 11) is 0. The molecule has 0 amide bonds. The first-order valence-corrected chi connectivity index (χ1v) is 9.40. The van der Waals surface area contributed by atoms with Crippen molar-refractivity contribution >= 4 is 5.78 Å². The fourth-order valence-corrected chi connectivity index (χ4v) is 3.00. The van der Waals surface area contributed by atoms with E-state index >= 15 is 0 Å². The number of rotatable bonds is 13. The summed E-state index contributed by atoms with van der Waals surface area (Å²) in [6.07, 6.45) is 15.3. The number of aryl methyl sites for hydroxylation is 1. The van der Waals surface area contributed by atoms with Crippen LogP contribution in [0.15, 0.2) is 24.3 Å². The third-order valence-electron chi connectivity index (χ3n) is 4.44. The van der Waals surface area contributed by atoms with Crippen LogP contribution in [-0.4, -0.2) is 5.78 Å². The Labute approximate surface area is 137 Å². The highest BCUT2D eigenvalue weighted by molar-refractivity contribution is 5.97. The van der Waals surface area contributed by atoms with Crippen molar-refractivity contribution in [3.8, 4) is 0 Å². The van der Waals surface area contributed by atoms with Crippen molar-refractivity contribution in [2.45, 2.75) is 90.9 Å². The molecule has 1 nitrogen and oxygen atoms in total. The Morgan fingerprint density at radius 2 is 1.32 bits per heavy atom. The van der Waals surface area contributed by atoms with E-state index in [1.165, 1.54) is 69.8 Å². The quantitative estimate of drug-likeness (QED) is 0.291. The first-order valence-electron chi connectivity index (χ1n) is 9.40. The molecule has 0 unspecified atom stereocenters. The average molecular weight is 303 g/mol. The first-order chi connectivity index (χ1) is 10.8. The lowest BCUT2D eigenvalue weighted by molar-refractivity contribution is 0.0987. The van der Waals surface area contributed by atoms with Gasteiger partial charge in [-0.05, 0) is 18.4 Å². The molecule has 0 saturated heterocycles. The summed E-state index contributed by atoms with van der Waals surface area (Å²) >= 11 is 0. The fraction of sp³-hybridized carbons (Fsp3) is 0.667. The molecular weight excluding hydrogens is 268 g/mol. The van der Waals surface area contributed by atoms with Crippen molar-refractivity contribution in [3.05, 3.63) is 35.4 Å². The molecule has 0 atom stereocenters. The van der Waals surface area contributed by atoms with E-state index in [1.54, 1.807) is 0 Å². The van der Waals surface area contributed by atoms with E-state index in [0.29, 0.717) is 6.42 Å². The Morgan fingerprint density at radius 3 is 1.91 bits per heavy atom. The van der Waals surface area contributed by atoms with Crippen LogP contribution in [0.25, 0.3) is 0 Å². The highest BCUT2D eigenvalue weighted by Crippen LogP contribution is 2.16. The lowest BCUT2D eigenvalue weighted by Gasteiger charge is -2.07. The minimum Gasteiger partial charge on any atom is -0.294 e. The summed E-state index contributed by atoms with van der Waals surface area (Å²) < 4.78 is 0. The predicted molar refractivity (Wildman–Crippen MR) is 96.6 cm³/mol. The van der Waals surface area contributed by atoms with E-state index in [9.17, 15) is 4.79 Å². The van der Waals surface area contributed by atoms with Crippen LogP contribution >= 0.6 is 0 Å². The zero-order valence-corrected chi connectivity index (χ0v) is 14.7. The molecule has 1 rings (SSSR count). The summed E-state index contributed by atoms with van der Waals surface area (Å²) in [5.41, 5.74) is 2.19. The van der Waals surface area contributed by atoms with E-state index < -0.39 is 0 Å². The van der Waals surface area contributed by atoms with Gasteiger partial charge in [0.25, 0.3) is 0 Å². The van der Waals surface area contributed by atoms with Gasteiger partial charge in [0.05, 0.1) is 0 Å². The van der Waals surface area contributed by atoms with E-state index in [2.05, 4.69) is 19.1 Å². The van der Waals surface area contributed by atoms with Gasteiger partial charge in [-0.3, -0.25) is 4.79 Å². The molecule has 0 aliphatic rings. The maximum Gasteiger partial charge on any atom is 0.162 e. The number of Topliss-reactive ketones (excluding diaryl/α,β-unsaturated/α-hetero) is 1. The number of carbonyl (C=O) groups is 1. The zero-order valence-electron chi connectivity index (χ0n) is 14.7. The molecule has 22 heavy (non-hydrogen) atoms. The van der Waals surface area contributed by atoms with Crippen molar-refractivity contribution in [2.75, 3.05) is 0 Å². The lowest BCUT2D eigenvalue weighted by Crippen LogP contribution is -2.02. The molecule has 1 heteroatoms. The molecule has 0 radical (unpaired) electrons. The van der Waals surface area contributed by atoms with Gasteiger partial charge >= 0.3 is 0 Å². The van der Waals surface area contributed by atoms with Crippen LogP contribution in [-0.2, 0) is 6.42 Å². The average Bonchev–Trinajstić information content (AvgIpc) is 2.56. The number of carbonyl (C=O) groups excluding carboxylic acids is 1. The van der Waals surface area contributed by atoms with E-state index in [4.69, 9.17) is 0 Å². The maximum atomic E-state index is 11.9. The van der Waals surface area contributed by atoms with Crippen LogP contribution in [0.2, 0.25) is 0 Å². The molecule has 0 bridgehead atoms. The summed E-state index contributed by atoms with van der Waals surface area (Å²) in [5.74, 6) is 0.280. The highest BCUT2D eigenvalue weighted by Gasteiger charge is 2.08. The van der Waals surface area contributed by atoms with Crippen LogP contribution in [0.1, 0.15) is 100 Å². The third-order valence-corrected chi connectivity index (χ3v) is 4.44. The summed E-state index contributed by atoms with van der Waals surface area (Å²) in [4.78, 5) is 11.9. The molecule has 0 fully saturated rings. The normalized spacial score (nSPS) is 10.8. The van der Waals surface area contributed by atoms with Gasteiger partial charge in [-0.15, -0.1) is 0 Å². The third kappa shape index (κ3) is 7.77. The molecule has 0 aliphatic heterocycles. The van der Waals surface area contributed by atoms with Gasteiger partial charge in [-0.25, -0.2) is 0 Å². The molecule has 0 spiro atoms. The topological polar surface area (TPSA) is 17.1 Å². The minimum atomic E-state index is 0.280. The van der Waals surface area contributed by atoms with Crippen LogP contribution in [0.3, 0.4) is 0 Å². The standard InChI is InChI=1S/C21H34O/c1-3-5-6-7-8-9-10-11-12-13-16-19-17-14-15-18-20(19)21(22)4-2/h14-15,17-18H,3-13,16H2,1-2H3. The van der Waals surface area contributed by atoms with Gasteiger partial charge in [0.15, 0.2) is 5.78 Å². The Balaban J connectivity index is 2.11. The molecule has 0 aromatic heterocycles. The van der Waals surface area contributed by atoms with Gasteiger partial charge in [-0.2, -0.15) is 0 Å². The zero-order chi connectivity index (χ0) is 16.0. The minimum absolute atomic E-state index is 0.280. The largest absolute Gasteiger partial charge is 0.294 e. The number of benzene rings is 1. The Morgan fingerprint density at radius 1 is 0.773 bits per heavy atom. The molecule has 0 N–H and O–H groups in total. The van der Waals surface area contributed by atoms with Gasteiger partial charge in [-0.1, -0.05) is 95.9 Å². The van der Waals surface area contributed by atoms with Gasteiger partial charge in [0, 0.05) is 12.0 Å². The second kappa shape index (κ2) is 12.4. The van der Waals surface area contributed by atoms with Crippen LogP contribution in [0, 0.1) is 0 Å². The van der Waals surface area contributed by atoms with E-state index in [1.807, 2.05) is 19.1 Å². The number of hydrogen-bond acceptors (Lipinski definition) is 1. The van der Waals surface area contributed by atoms with Crippen LogP contribution in [0.4, 0.5) is 0 Å². The van der Waals surface area contributed by atoms with Crippen LogP contribution in [0.5, 0.6) is 0 Å². The molecule has 0 heterocycles. The highest BCUT2D eigenvalue weighted by atomic mass is 16.1. The number of unbranched alkanes of at least 4 members (excludes halogenated alkanes) is 9. The number of hydrogen-bond donors (Lipinski definition) is 0. The second-order valence-electron chi connectivity index (χ2n) is 6.37. The molecule has 0 saturated carbocycles. The summed E-state index contributed by atoms with van der Waals surface area (Å²) in [6, 6.07) is 8.14. The van der Waals surface area contributed by atoms with Crippen LogP contribution < -0.4 is 0 Å². The summed E-state index contributed by atoms with van der Waals surface area (Å²) in [5, 5.41) is 0. The summed E-state index contributed by atoms with van der Waals surface area (Å²) in [6.45, 7) is 4.21. The maximum absolute atomic E-state index is 11.9. The van der Waals surface area contributed by atoms with Crippen molar-refractivity contribution in [3.63, 3.8) is 0 Å². The van der Waals surface area contributed by atoms with Crippen molar-refractivity contribution in [1.29, 1.82) is 0 Å². The van der Waals surface area contributed by atoms with Gasteiger partial charge in [0.2, 0.25) is 0 Å². The van der Waals surface area contributed by atoms with Crippen molar-refractivity contribution in [1.82, 2.24) is 0 Å². The Kier molecular flexibility index (Phi) is 10.7.